The Balaban J connectivity index is 2.03. The molecule has 25 heavy (non-hydrogen) atoms. The predicted molar refractivity (Wildman–Crippen MR) is 92.7 cm³/mol. The molecule has 0 radical (unpaired) electrons. The Labute approximate surface area is 144 Å². The molecule has 3 aromatic rings. The molecule has 0 aliphatic heterocycles. The van der Waals surface area contributed by atoms with Crippen molar-refractivity contribution in [1.82, 2.24) is 4.98 Å². The van der Waals surface area contributed by atoms with E-state index in [0.29, 0.717) is 34.1 Å². The van der Waals surface area contributed by atoms with Crippen molar-refractivity contribution in [3.05, 3.63) is 54.2 Å². The second-order valence-electron chi connectivity index (χ2n) is 5.15. The summed E-state index contributed by atoms with van der Waals surface area (Å²) in [6, 6.07) is 12.1. The van der Waals surface area contributed by atoms with Crippen molar-refractivity contribution >= 4 is 16.9 Å². The summed E-state index contributed by atoms with van der Waals surface area (Å²) in [5.74, 6) is 1.86. The molecule has 0 spiro atoms. The van der Waals surface area contributed by atoms with Crippen LogP contribution in [0, 0.1) is 0 Å². The largest absolute Gasteiger partial charge is 0.493 e. The third-order valence-electron chi connectivity index (χ3n) is 3.69. The van der Waals surface area contributed by atoms with Gasteiger partial charge in [-0.3, -0.25) is 4.98 Å². The van der Waals surface area contributed by atoms with E-state index in [0.717, 1.165) is 5.39 Å². The first kappa shape index (κ1) is 16.6. The summed E-state index contributed by atoms with van der Waals surface area (Å²) in [6.07, 6.45) is 1.65. The third kappa shape index (κ3) is 3.33. The van der Waals surface area contributed by atoms with Crippen LogP contribution in [0.4, 0.5) is 0 Å². The number of hydrogen-bond donors (Lipinski definition) is 0. The molecule has 3 rings (SSSR count). The molecule has 6 nitrogen and oxygen atoms in total. The van der Waals surface area contributed by atoms with Crippen molar-refractivity contribution < 1.29 is 23.7 Å². The van der Waals surface area contributed by atoms with Crippen LogP contribution >= 0.6 is 0 Å². The van der Waals surface area contributed by atoms with Crippen LogP contribution in [0.3, 0.4) is 0 Å². The van der Waals surface area contributed by atoms with Crippen molar-refractivity contribution in [1.29, 1.82) is 0 Å². The Bertz CT molecular complexity index is 923. The number of carbonyl (C=O) groups is 1. The van der Waals surface area contributed by atoms with E-state index in [4.69, 9.17) is 18.9 Å². The molecule has 0 fully saturated rings. The van der Waals surface area contributed by atoms with Gasteiger partial charge in [0.15, 0.2) is 11.5 Å². The fourth-order valence-electron chi connectivity index (χ4n) is 2.47. The molecule has 0 amide bonds. The fourth-order valence-corrected chi connectivity index (χ4v) is 2.47. The fraction of sp³-hybridized carbons (Fsp3) is 0.158. The number of ether oxygens (including phenoxy) is 4. The van der Waals surface area contributed by atoms with Gasteiger partial charge in [-0.05, 0) is 30.3 Å². The van der Waals surface area contributed by atoms with Gasteiger partial charge in [0, 0.05) is 17.6 Å². The van der Waals surface area contributed by atoms with Gasteiger partial charge in [0.2, 0.25) is 0 Å². The number of benzene rings is 2. The first-order chi connectivity index (χ1) is 12.2. The highest BCUT2D eigenvalue weighted by Gasteiger charge is 2.12. The van der Waals surface area contributed by atoms with Gasteiger partial charge >= 0.3 is 5.97 Å². The van der Waals surface area contributed by atoms with Crippen LogP contribution in [0.1, 0.15) is 10.4 Å². The smallest absolute Gasteiger partial charge is 0.337 e. The zero-order chi connectivity index (χ0) is 17.8. The second kappa shape index (κ2) is 7.09. The SMILES string of the molecule is COC(=O)c1cccc(Oc2ccnc3cc(OC)c(OC)cc23)c1. The van der Waals surface area contributed by atoms with Gasteiger partial charge in [-0.1, -0.05) is 6.07 Å². The monoisotopic (exact) mass is 339 g/mol. The van der Waals surface area contributed by atoms with Crippen LogP contribution in [0.25, 0.3) is 10.9 Å². The Morgan fingerprint density at radius 3 is 2.40 bits per heavy atom. The molecule has 0 aliphatic rings. The molecule has 2 aromatic carbocycles. The molecule has 0 saturated carbocycles. The number of nitrogens with zero attached hydrogens (tertiary/aromatic N) is 1. The molecule has 1 heterocycles. The summed E-state index contributed by atoms with van der Waals surface area (Å²) in [5, 5.41) is 0.767. The standard InChI is InChI=1S/C19H17NO5/c1-22-17-10-14-15(11-18(17)23-2)20-8-7-16(14)25-13-6-4-5-12(9-13)19(21)24-3/h4-11H,1-3H3. The first-order valence-electron chi connectivity index (χ1n) is 7.53. The number of hydrogen-bond acceptors (Lipinski definition) is 6. The lowest BCUT2D eigenvalue weighted by Gasteiger charge is -2.12. The van der Waals surface area contributed by atoms with Gasteiger partial charge in [-0.15, -0.1) is 0 Å². The average Bonchev–Trinajstić information content (AvgIpc) is 2.66. The normalized spacial score (nSPS) is 10.4. The Morgan fingerprint density at radius 1 is 0.920 bits per heavy atom. The summed E-state index contributed by atoms with van der Waals surface area (Å²) in [5.41, 5.74) is 1.12. The minimum atomic E-state index is -0.420. The van der Waals surface area contributed by atoms with Crippen molar-refractivity contribution in [2.75, 3.05) is 21.3 Å². The van der Waals surface area contributed by atoms with E-state index in [-0.39, 0.29) is 0 Å². The highest BCUT2D eigenvalue weighted by molar-refractivity contribution is 5.90. The van der Waals surface area contributed by atoms with E-state index >= 15 is 0 Å². The highest BCUT2D eigenvalue weighted by Crippen LogP contribution is 2.36. The van der Waals surface area contributed by atoms with Crippen LogP contribution in [-0.4, -0.2) is 32.3 Å². The summed E-state index contributed by atoms with van der Waals surface area (Å²) < 4.78 is 21.3. The minimum absolute atomic E-state index is 0.414. The van der Waals surface area contributed by atoms with Crippen LogP contribution in [0.2, 0.25) is 0 Å². The number of carbonyl (C=O) groups excluding carboxylic acids is 1. The van der Waals surface area contributed by atoms with Crippen molar-refractivity contribution in [2.45, 2.75) is 0 Å². The highest BCUT2D eigenvalue weighted by atomic mass is 16.5. The number of rotatable bonds is 5. The van der Waals surface area contributed by atoms with Crippen LogP contribution in [0.5, 0.6) is 23.0 Å². The van der Waals surface area contributed by atoms with E-state index in [2.05, 4.69) is 4.98 Å². The van der Waals surface area contributed by atoms with E-state index < -0.39 is 5.97 Å². The maximum Gasteiger partial charge on any atom is 0.337 e. The van der Waals surface area contributed by atoms with Crippen molar-refractivity contribution in [3.8, 4) is 23.0 Å². The van der Waals surface area contributed by atoms with E-state index in [9.17, 15) is 4.79 Å². The lowest BCUT2D eigenvalue weighted by Crippen LogP contribution is -2.01. The quantitative estimate of drug-likeness (QED) is 0.658. The Kier molecular flexibility index (Phi) is 4.70. The first-order valence-corrected chi connectivity index (χ1v) is 7.53. The summed E-state index contributed by atoms with van der Waals surface area (Å²) in [7, 11) is 4.48. The van der Waals surface area contributed by atoms with Gasteiger partial charge in [0.05, 0.1) is 32.4 Å². The molecular formula is C19H17NO5. The van der Waals surface area contributed by atoms with Crippen LogP contribution in [0.15, 0.2) is 48.7 Å². The lowest BCUT2D eigenvalue weighted by atomic mass is 10.1. The molecule has 128 valence electrons. The van der Waals surface area contributed by atoms with E-state index in [1.807, 2.05) is 0 Å². The molecule has 0 bridgehead atoms. The van der Waals surface area contributed by atoms with Gasteiger partial charge in [-0.2, -0.15) is 0 Å². The molecule has 0 unspecified atom stereocenters. The molecule has 0 aliphatic carbocycles. The zero-order valence-corrected chi connectivity index (χ0v) is 14.1. The number of fused-ring (bicyclic) bond motifs is 1. The van der Waals surface area contributed by atoms with Gasteiger partial charge in [-0.25, -0.2) is 4.79 Å². The summed E-state index contributed by atoms with van der Waals surface area (Å²) in [6.45, 7) is 0. The van der Waals surface area contributed by atoms with Crippen molar-refractivity contribution in [3.63, 3.8) is 0 Å². The number of methoxy groups -OCH3 is 3. The lowest BCUT2D eigenvalue weighted by molar-refractivity contribution is 0.0600. The molecule has 0 N–H and O–H groups in total. The van der Waals surface area contributed by atoms with Crippen molar-refractivity contribution in [2.24, 2.45) is 0 Å². The topological polar surface area (TPSA) is 66.9 Å². The predicted octanol–water partition coefficient (Wildman–Crippen LogP) is 3.83. The van der Waals surface area contributed by atoms with Gasteiger partial charge in [0.25, 0.3) is 0 Å². The third-order valence-corrected chi connectivity index (χ3v) is 3.69. The maximum absolute atomic E-state index is 11.7. The number of aromatic nitrogens is 1. The maximum atomic E-state index is 11.7. The number of pyridine rings is 1. The second-order valence-corrected chi connectivity index (χ2v) is 5.15. The molecule has 0 atom stereocenters. The van der Waals surface area contributed by atoms with Crippen LogP contribution in [-0.2, 0) is 4.74 Å². The number of esters is 1. The molecule has 1 aromatic heterocycles. The van der Waals surface area contributed by atoms with E-state index in [1.165, 1.54) is 7.11 Å². The minimum Gasteiger partial charge on any atom is -0.493 e. The van der Waals surface area contributed by atoms with Gasteiger partial charge < -0.3 is 18.9 Å². The zero-order valence-electron chi connectivity index (χ0n) is 14.1. The molecule has 0 saturated heterocycles. The Morgan fingerprint density at radius 2 is 1.68 bits per heavy atom. The Hall–Kier alpha value is -3.28. The average molecular weight is 339 g/mol. The van der Waals surface area contributed by atoms with Gasteiger partial charge in [0.1, 0.15) is 11.5 Å². The summed E-state index contributed by atoms with van der Waals surface area (Å²) >= 11 is 0. The molecule has 6 heteroatoms. The summed E-state index contributed by atoms with van der Waals surface area (Å²) in [4.78, 5) is 16.0. The van der Waals surface area contributed by atoms with E-state index in [1.54, 1.807) is 62.9 Å². The van der Waals surface area contributed by atoms with Crippen LogP contribution < -0.4 is 14.2 Å². The molecular weight excluding hydrogens is 322 g/mol.